The van der Waals surface area contributed by atoms with Crippen LogP contribution in [0.3, 0.4) is 0 Å². The lowest BCUT2D eigenvalue weighted by molar-refractivity contribution is 0.102. The van der Waals surface area contributed by atoms with Crippen molar-refractivity contribution < 1.29 is 4.79 Å². The Morgan fingerprint density at radius 3 is 2.65 bits per heavy atom. The lowest BCUT2D eigenvalue weighted by Gasteiger charge is -2.08. The zero-order valence-corrected chi connectivity index (χ0v) is 12.5. The normalized spacial score (nSPS) is 10.9. The number of hydrogen-bond donors (Lipinski definition) is 1. The average molecular weight is 284 g/mol. The van der Waals surface area contributed by atoms with E-state index in [-0.39, 0.29) is 5.91 Å². The van der Waals surface area contributed by atoms with Crippen molar-refractivity contribution in [1.82, 2.24) is 4.57 Å². The van der Waals surface area contributed by atoms with Gasteiger partial charge in [-0.05, 0) is 54.6 Å². The van der Waals surface area contributed by atoms with Crippen LogP contribution in [0.4, 0.5) is 5.69 Å². The van der Waals surface area contributed by atoms with E-state index < -0.39 is 0 Å². The zero-order valence-electron chi connectivity index (χ0n) is 11.7. The van der Waals surface area contributed by atoms with E-state index in [1.54, 1.807) is 11.3 Å². The van der Waals surface area contributed by atoms with Crippen LogP contribution in [0.2, 0.25) is 0 Å². The molecule has 0 radical (unpaired) electrons. The Hall–Kier alpha value is -2.07. The summed E-state index contributed by atoms with van der Waals surface area (Å²) in [4.78, 5) is 12.4. The largest absolute Gasteiger partial charge is 0.339 e. The van der Waals surface area contributed by atoms with Crippen molar-refractivity contribution in [2.75, 3.05) is 5.32 Å². The molecule has 20 heavy (non-hydrogen) atoms. The van der Waals surface area contributed by atoms with Gasteiger partial charge in [-0.25, -0.2) is 0 Å². The summed E-state index contributed by atoms with van der Waals surface area (Å²) < 4.78 is 3.07. The van der Waals surface area contributed by atoms with Crippen LogP contribution in [0.5, 0.6) is 0 Å². The number of carbonyl (C=O) groups is 1. The first-order valence-electron chi connectivity index (χ1n) is 6.48. The highest BCUT2D eigenvalue weighted by molar-refractivity contribution is 7.17. The number of nitrogens with one attached hydrogen (secondary N) is 1. The van der Waals surface area contributed by atoms with Crippen LogP contribution in [-0.2, 0) is 7.05 Å². The molecule has 0 fully saturated rings. The number of anilines is 1. The molecule has 0 saturated carbocycles. The van der Waals surface area contributed by atoms with Crippen molar-refractivity contribution in [2.45, 2.75) is 13.8 Å². The number of thiophene rings is 1. The Morgan fingerprint density at radius 2 is 1.95 bits per heavy atom. The average Bonchev–Trinajstić information content (AvgIpc) is 2.97. The highest BCUT2D eigenvalue weighted by atomic mass is 32.1. The van der Waals surface area contributed by atoms with E-state index in [2.05, 4.69) is 12.2 Å². The standard InChI is InChI=1S/C16H16N2OS/c1-10-4-5-12(8-11(10)2)17-16(19)14-9-15-13(18(14)3)6-7-20-15/h4-9H,1-3H3,(H,17,19). The molecule has 4 heteroatoms. The molecule has 0 aliphatic carbocycles. The fraction of sp³-hybridized carbons (Fsp3) is 0.188. The summed E-state index contributed by atoms with van der Waals surface area (Å²) in [6.07, 6.45) is 0. The van der Waals surface area contributed by atoms with Crippen LogP contribution in [0.25, 0.3) is 10.2 Å². The summed E-state index contributed by atoms with van der Waals surface area (Å²) in [5.74, 6) is -0.0702. The van der Waals surface area contributed by atoms with E-state index in [9.17, 15) is 4.79 Å². The molecule has 102 valence electrons. The SMILES string of the molecule is Cc1ccc(NC(=O)c2cc3sccc3n2C)cc1C. The number of benzene rings is 1. The van der Waals surface area contributed by atoms with Crippen molar-refractivity contribution in [2.24, 2.45) is 7.05 Å². The smallest absolute Gasteiger partial charge is 0.272 e. The van der Waals surface area contributed by atoms with E-state index in [1.165, 1.54) is 11.1 Å². The van der Waals surface area contributed by atoms with E-state index in [1.807, 2.05) is 54.3 Å². The predicted molar refractivity (Wildman–Crippen MR) is 84.7 cm³/mol. The van der Waals surface area contributed by atoms with Gasteiger partial charge in [0.2, 0.25) is 0 Å². The topological polar surface area (TPSA) is 34.0 Å². The van der Waals surface area contributed by atoms with Gasteiger partial charge in [0.25, 0.3) is 5.91 Å². The van der Waals surface area contributed by atoms with E-state index >= 15 is 0 Å². The maximum Gasteiger partial charge on any atom is 0.272 e. The number of carbonyl (C=O) groups excluding carboxylic acids is 1. The minimum absolute atomic E-state index is 0.0702. The monoisotopic (exact) mass is 284 g/mol. The fourth-order valence-electron chi connectivity index (χ4n) is 2.28. The lowest BCUT2D eigenvalue weighted by atomic mass is 10.1. The van der Waals surface area contributed by atoms with Gasteiger partial charge in [-0.3, -0.25) is 4.79 Å². The Kier molecular flexibility index (Phi) is 3.10. The van der Waals surface area contributed by atoms with Crippen molar-refractivity contribution in [3.05, 3.63) is 52.5 Å². The van der Waals surface area contributed by atoms with Gasteiger partial charge in [-0.2, -0.15) is 0 Å². The van der Waals surface area contributed by atoms with Gasteiger partial charge >= 0.3 is 0 Å². The molecule has 2 aromatic heterocycles. The lowest BCUT2D eigenvalue weighted by Crippen LogP contribution is -2.15. The highest BCUT2D eigenvalue weighted by Crippen LogP contribution is 2.25. The molecule has 2 heterocycles. The molecule has 3 nitrogen and oxygen atoms in total. The first kappa shape index (κ1) is 12.9. The molecule has 0 atom stereocenters. The van der Waals surface area contributed by atoms with Crippen LogP contribution >= 0.6 is 11.3 Å². The third-order valence-electron chi connectivity index (χ3n) is 3.66. The molecule has 1 aromatic carbocycles. The molecular weight excluding hydrogens is 268 g/mol. The summed E-state index contributed by atoms with van der Waals surface area (Å²) in [7, 11) is 1.92. The summed E-state index contributed by atoms with van der Waals surface area (Å²) in [6.45, 7) is 4.11. The Labute approximate surface area is 121 Å². The van der Waals surface area contributed by atoms with Crippen LogP contribution < -0.4 is 5.32 Å². The second-order valence-corrected chi connectivity index (χ2v) is 5.96. The number of hydrogen-bond acceptors (Lipinski definition) is 2. The van der Waals surface area contributed by atoms with Crippen molar-refractivity contribution in [3.8, 4) is 0 Å². The van der Waals surface area contributed by atoms with Crippen LogP contribution in [0, 0.1) is 13.8 Å². The van der Waals surface area contributed by atoms with E-state index in [0.717, 1.165) is 15.9 Å². The predicted octanol–water partition coefficient (Wildman–Crippen LogP) is 4.11. The maximum atomic E-state index is 12.4. The number of aromatic nitrogens is 1. The fourth-order valence-corrected chi connectivity index (χ4v) is 3.13. The molecule has 3 rings (SSSR count). The van der Waals surface area contributed by atoms with Gasteiger partial charge in [0.15, 0.2) is 0 Å². The summed E-state index contributed by atoms with van der Waals surface area (Å²) >= 11 is 1.65. The van der Waals surface area contributed by atoms with Gasteiger partial charge in [0.1, 0.15) is 5.69 Å². The van der Waals surface area contributed by atoms with Gasteiger partial charge < -0.3 is 9.88 Å². The number of nitrogens with zero attached hydrogens (tertiary/aromatic N) is 1. The van der Waals surface area contributed by atoms with Crippen molar-refractivity contribution in [1.29, 1.82) is 0 Å². The minimum atomic E-state index is -0.0702. The number of rotatable bonds is 2. The van der Waals surface area contributed by atoms with Gasteiger partial charge in [-0.15, -0.1) is 11.3 Å². The third-order valence-corrected chi connectivity index (χ3v) is 4.51. The Balaban J connectivity index is 1.90. The molecule has 0 saturated heterocycles. The molecule has 1 amide bonds. The molecule has 0 bridgehead atoms. The number of aryl methyl sites for hydroxylation is 3. The molecule has 3 aromatic rings. The van der Waals surface area contributed by atoms with E-state index in [0.29, 0.717) is 5.69 Å². The summed E-state index contributed by atoms with van der Waals surface area (Å²) in [5, 5.41) is 5.00. The summed E-state index contributed by atoms with van der Waals surface area (Å²) in [6, 6.07) is 9.93. The zero-order chi connectivity index (χ0) is 14.3. The maximum absolute atomic E-state index is 12.4. The summed E-state index contributed by atoms with van der Waals surface area (Å²) in [5.41, 5.74) is 5.02. The van der Waals surface area contributed by atoms with Gasteiger partial charge in [0.05, 0.1) is 10.2 Å². The van der Waals surface area contributed by atoms with Gasteiger partial charge in [-0.1, -0.05) is 6.07 Å². The van der Waals surface area contributed by atoms with Crippen molar-refractivity contribution >= 4 is 33.1 Å². The number of fused-ring (bicyclic) bond motifs is 1. The molecule has 0 aliphatic rings. The minimum Gasteiger partial charge on any atom is -0.339 e. The molecule has 0 aliphatic heterocycles. The quantitative estimate of drug-likeness (QED) is 0.755. The Bertz CT molecular complexity index is 798. The van der Waals surface area contributed by atoms with Gasteiger partial charge in [0, 0.05) is 12.7 Å². The van der Waals surface area contributed by atoms with Crippen LogP contribution in [0.15, 0.2) is 35.7 Å². The second kappa shape index (κ2) is 4.80. The second-order valence-electron chi connectivity index (χ2n) is 5.01. The first-order chi connectivity index (χ1) is 9.56. The highest BCUT2D eigenvalue weighted by Gasteiger charge is 2.14. The molecule has 1 N–H and O–H groups in total. The number of amides is 1. The molecular formula is C16H16N2OS. The molecule has 0 unspecified atom stereocenters. The van der Waals surface area contributed by atoms with Crippen molar-refractivity contribution in [3.63, 3.8) is 0 Å². The third kappa shape index (κ3) is 2.12. The molecule has 0 spiro atoms. The van der Waals surface area contributed by atoms with Crippen LogP contribution in [0.1, 0.15) is 21.6 Å². The van der Waals surface area contributed by atoms with E-state index in [4.69, 9.17) is 0 Å². The Morgan fingerprint density at radius 1 is 1.15 bits per heavy atom. The first-order valence-corrected chi connectivity index (χ1v) is 7.36. The van der Waals surface area contributed by atoms with Crippen LogP contribution in [-0.4, -0.2) is 10.5 Å².